The van der Waals surface area contributed by atoms with Gasteiger partial charge < -0.3 is 16.0 Å². The number of aryl methyl sites for hydroxylation is 2. The van der Waals surface area contributed by atoms with Crippen molar-refractivity contribution in [3.05, 3.63) is 53.1 Å². The minimum Gasteiger partial charge on any atom is -0.364 e. The van der Waals surface area contributed by atoms with Crippen LogP contribution in [0.1, 0.15) is 28.7 Å². The van der Waals surface area contributed by atoms with Gasteiger partial charge in [0.05, 0.1) is 23.1 Å². The lowest BCUT2D eigenvalue weighted by molar-refractivity contribution is -0.149. The number of hydrogen-bond acceptors (Lipinski definition) is 5. The van der Waals surface area contributed by atoms with Gasteiger partial charge in [-0.2, -0.15) is 23.4 Å². The van der Waals surface area contributed by atoms with Crippen LogP contribution in [-0.4, -0.2) is 57.7 Å². The molecule has 0 spiro atoms. The van der Waals surface area contributed by atoms with Crippen LogP contribution in [0.25, 0.3) is 11.1 Å². The van der Waals surface area contributed by atoms with E-state index in [0.717, 1.165) is 28.6 Å². The number of nitrogens with two attached hydrogens (primary N) is 1. The van der Waals surface area contributed by atoms with E-state index in [1.54, 1.807) is 16.2 Å². The first kappa shape index (κ1) is 24.6. The summed E-state index contributed by atoms with van der Waals surface area (Å²) < 4.78 is 69.1. The number of nitrogens with one attached hydrogen (secondary N) is 2. The Bertz CT molecular complexity index is 1240. The second-order valence-electron chi connectivity index (χ2n) is 8.79. The molecule has 3 aromatic rings. The monoisotopic (exact) mass is 497 g/mol. The Balaban J connectivity index is 1.52. The molecule has 0 unspecified atom stereocenters. The average molecular weight is 497 g/mol. The van der Waals surface area contributed by atoms with Gasteiger partial charge in [0.1, 0.15) is 23.2 Å². The van der Waals surface area contributed by atoms with Crippen LogP contribution in [0.5, 0.6) is 0 Å². The fraction of sp³-hybridized carbons (Fsp3) is 0.409. The third-order valence-electron chi connectivity index (χ3n) is 6.30. The molecule has 4 N–H and O–H groups in total. The summed E-state index contributed by atoms with van der Waals surface area (Å²) in [4.78, 5) is 13.6. The summed E-state index contributed by atoms with van der Waals surface area (Å²) in [5, 5.41) is 13.1. The van der Waals surface area contributed by atoms with Crippen LogP contribution in [0, 0.1) is 25.5 Å². The Morgan fingerprint density at radius 3 is 2.51 bits per heavy atom. The highest BCUT2D eigenvalue weighted by Crippen LogP contribution is 2.36. The maximum absolute atomic E-state index is 14.8. The summed E-state index contributed by atoms with van der Waals surface area (Å²) in [6, 6.07) is -0.816. The molecular weight excluding hydrogens is 473 g/mol. The van der Waals surface area contributed by atoms with Gasteiger partial charge in [-0.15, -0.1) is 0 Å². The molecule has 188 valence electrons. The quantitative estimate of drug-likeness (QED) is 0.454. The first-order valence-electron chi connectivity index (χ1n) is 10.7. The lowest BCUT2D eigenvalue weighted by Gasteiger charge is -2.50. The van der Waals surface area contributed by atoms with Crippen LogP contribution >= 0.6 is 0 Å². The molecule has 8 nitrogen and oxygen atoms in total. The van der Waals surface area contributed by atoms with Crippen LogP contribution in [0.2, 0.25) is 0 Å². The van der Waals surface area contributed by atoms with Crippen molar-refractivity contribution in [2.24, 2.45) is 5.73 Å². The molecule has 1 atom stereocenters. The van der Waals surface area contributed by atoms with Gasteiger partial charge in [-0.25, -0.2) is 8.78 Å². The summed E-state index contributed by atoms with van der Waals surface area (Å²) in [6.45, 7) is 5.06. The van der Waals surface area contributed by atoms with E-state index in [1.807, 2.05) is 20.0 Å². The van der Waals surface area contributed by atoms with Crippen molar-refractivity contribution in [3.63, 3.8) is 0 Å². The number of H-pyrrole nitrogens is 1. The van der Waals surface area contributed by atoms with Crippen molar-refractivity contribution < 1.29 is 26.7 Å². The number of carbonyl (C=O) groups excluding carboxylic acids is 1. The lowest BCUT2D eigenvalue weighted by atomic mass is 9.89. The molecule has 1 fully saturated rings. The molecule has 1 saturated heterocycles. The zero-order chi connectivity index (χ0) is 25.7. The SMILES string of the molecule is Cc1n[nH]c(C)c1-c1cnn(C2(CN)CN(c3cc(F)c(C(=O)N[C@@H](C)C(F)(F)F)cc3F)C2)c1. The van der Waals surface area contributed by atoms with E-state index in [-0.39, 0.29) is 25.3 Å². The van der Waals surface area contributed by atoms with Crippen molar-refractivity contribution in [1.29, 1.82) is 0 Å². The molecule has 0 bridgehead atoms. The zero-order valence-electron chi connectivity index (χ0n) is 19.2. The van der Waals surface area contributed by atoms with Crippen LogP contribution in [0.4, 0.5) is 27.6 Å². The standard InChI is InChI=1S/C22H24F5N7O/c1-11-19(12(2)32-31-11)14-6-29-34(7-14)21(8-28)9-33(10-21)18-5-16(23)15(4-17(18)24)20(35)30-13(3)22(25,26)27/h4-7,13H,8-10,28H2,1-3H3,(H,30,35)(H,31,32)/t13-/m0/s1. The molecule has 0 aliphatic carbocycles. The molecule has 0 radical (unpaired) electrons. The van der Waals surface area contributed by atoms with E-state index < -0.39 is 40.9 Å². The molecule has 4 rings (SSSR count). The second kappa shape index (κ2) is 8.63. The predicted molar refractivity (Wildman–Crippen MR) is 118 cm³/mol. The van der Waals surface area contributed by atoms with E-state index >= 15 is 0 Å². The Hall–Kier alpha value is -3.48. The first-order valence-corrected chi connectivity index (χ1v) is 10.7. The Kier molecular flexibility index (Phi) is 6.07. The van der Waals surface area contributed by atoms with Gasteiger partial charge in [0.25, 0.3) is 5.91 Å². The number of nitrogens with zero attached hydrogens (tertiary/aromatic N) is 4. The number of halogens is 5. The summed E-state index contributed by atoms with van der Waals surface area (Å²) in [6.07, 6.45) is -1.21. The minimum absolute atomic E-state index is 0.124. The number of anilines is 1. The number of amides is 1. The van der Waals surface area contributed by atoms with Crippen molar-refractivity contribution in [3.8, 4) is 11.1 Å². The smallest absolute Gasteiger partial charge is 0.364 e. The minimum atomic E-state index is -4.71. The molecule has 1 aliphatic rings. The van der Waals surface area contributed by atoms with E-state index in [9.17, 15) is 26.7 Å². The Labute approximate surface area is 197 Å². The maximum Gasteiger partial charge on any atom is 0.408 e. The first-order chi connectivity index (χ1) is 16.4. The van der Waals surface area contributed by atoms with Gasteiger partial charge in [0.2, 0.25) is 0 Å². The van der Waals surface area contributed by atoms with Crippen LogP contribution < -0.4 is 16.0 Å². The highest BCUT2D eigenvalue weighted by molar-refractivity contribution is 5.95. The lowest BCUT2D eigenvalue weighted by Crippen LogP contribution is -2.66. The molecule has 1 aliphatic heterocycles. The van der Waals surface area contributed by atoms with E-state index in [0.29, 0.717) is 13.0 Å². The number of aromatic amines is 1. The van der Waals surface area contributed by atoms with Crippen LogP contribution in [0.15, 0.2) is 24.5 Å². The van der Waals surface area contributed by atoms with Crippen LogP contribution in [-0.2, 0) is 5.54 Å². The molecule has 3 heterocycles. The van der Waals surface area contributed by atoms with Gasteiger partial charge >= 0.3 is 6.18 Å². The molecule has 0 saturated carbocycles. The molecular formula is C22H24F5N7O. The molecule has 1 aromatic carbocycles. The van der Waals surface area contributed by atoms with Crippen molar-refractivity contribution in [2.75, 3.05) is 24.5 Å². The van der Waals surface area contributed by atoms with Gasteiger partial charge in [-0.05, 0) is 26.8 Å². The number of carbonyl (C=O) groups is 1. The number of alkyl halides is 3. The zero-order valence-corrected chi connectivity index (χ0v) is 19.2. The largest absolute Gasteiger partial charge is 0.408 e. The van der Waals surface area contributed by atoms with Crippen LogP contribution in [0.3, 0.4) is 0 Å². The summed E-state index contributed by atoms with van der Waals surface area (Å²) in [5.41, 5.74) is 7.86. The van der Waals surface area contributed by atoms with Gasteiger partial charge in [0, 0.05) is 48.7 Å². The number of hydrogen-bond donors (Lipinski definition) is 3. The Morgan fingerprint density at radius 1 is 1.26 bits per heavy atom. The number of rotatable bonds is 6. The predicted octanol–water partition coefficient (Wildman–Crippen LogP) is 3.02. The topological polar surface area (TPSA) is 105 Å². The highest BCUT2D eigenvalue weighted by Gasteiger charge is 2.46. The fourth-order valence-corrected chi connectivity index (χ4v) is 4.20. The normalized spacial score (nSPS) is 16.2. The Morgan fingerprint density at radius 2 is 1.94 bits per heavy atom. The third kappa shape index (κ3) is 4.35. The summed E-state index contributed by atoms with van der Waals surface area (Å²) in [7, 11) is 0. The molecule has 1 amide bonds. The van der Waals surface area contributed by atoms with E-state index in [2.05, 4.69) is 15.3 Å². The van der Waals surface area contributed by atoms with Crippen molar-refractivity contribution >= 4 is 11.6 Å². The molecule has 2 aromatic heterocycles. The van der Waals surface area contributed by atoms with Gasteiger partial charge in [-0.1, -0.05) is 0 Å². The third-order valence-corrected chi connectivity index (χ3v) is 6.30. The van der Waals surface area contributed by atoms with Gasteiger partial charge in [-0.3, -0.25) is 14.6 Å². The fourth-order valence-electron chi connectivity index (χ4n) is 4.20. The van der Waals surface area contributed by atoms with E-state index in [4.69, 9.17) is 5.73 Å². The number of benzene rings is 1. The van der Waals surface area contributed by atoms with Gasteiger partial charge in [0.15, 0.2) is 0 Å². The molecule has 13 heteroatoms. The van der Waals surface area contributed by atoms with Crippen molar-refractivity contribution in [1.82, 2.24) is 25.3 Å². The summed E-state index contributed by atoms with van der Waals surface area (Å²) in [5.74, 6) is -3.43. The average Bonchev–Trinajstić information content (AvgIpc) is 3.35. The van der Waals surface area contributed by atoms with Crippen molar-refractivity contribution in [2.45, 2.75) is 38.5 Å². The number of aromatic nitrogens is 4. The summed E-state index contributed by atoms with van der Waals surface area (Å²) >= 11 is 0. The second-order valence-corrected chi connectivity index (χ2v) is 8.79. The maximum atomic E-state index is 14.8. The molecule has 35 heavy (non-hydrogen) atoms. The van der Waals surface area contributed by atoms with E-state index in [1.165, 1.54) is 4.90 Å². The highest BCUT2D eigenvalue weighted by atomic mass is 19.4.